The standard InChI is InChI=1S/C12H8F2N2O3/c1-6-5-9(17)11(12(18)19)15-16(6)8-4-2-3-7(13)10(8)14/h2-5H,1H3,(H,18,19). The molecular formula is C12H8F2N2O3. The SMILES string of the molecule is Cc1cc(=O)c(C(=O)O)nn1-c1cccc(F)c1F. The van der Waals surface area contributed by atoms with Gasteiger partial charge >= 0.3 is 5.97 Å². The van der Waals surface area contributed by atoms with E-state index in [-0.39, 0.29) is 11.4 Å². The lowest BCUT2D eigenvalue weighted by Gasteiger charge is -2.10. The van der Waals surface area contributed by atoms with E-state index in [2.05, 4.69) is 5.10 Å². The number of carboxylic acid groups (broad SMARTS) is 1. The van der Waals surface area contributed by atoms with Gasteiger partial charge in [-0.15, -0.1) is 0 Å². The molecule has 0 saturated carbocycles. The third kappa shape index (κ3) is 2.22. The minimum absolute atomic E-state index is 0.194. The van der Waals surface area contributed by atoms with Crippen LogP contribution in [0.15, 0.2) is 29.1 Å². The van der Waals surface area contributed by atoms with Gasteiger partial charge in [0.2, 0.25) is 11.1 Å². The minimum atomic E-state index is -1.53. The largest absolute Gasteiger partial charge is 0.476 e. The summed E-state index contributed by atoms with van der Waals surface area (Å²) in [7, 11) is 0. The van der Waals surface area contributed by atoms with Gasteiger partial charge in [-0.1, -0.05) is 6.07 Å². The van der Waals surface area contributed by atoms with Crippen LogP contribution in [-0.2, 0) is 0 Å². The molecule has 0 unspecified atom stereocenters. The zero-order valence-electron chi connectivity index (χ0n) is 9.72. The molecule has 0 aliphatic rings. The fourth-order valence-electron chi connectivity index (χ4n) is 1.60. The molecule has 0 aliphatic carbocycles. The van der Waals surface area contributed by atoms with E-state index in [4.69, 9.17) is 5.11 Å². The summed E-state index contributed by atoms with van der Waals surface area (Å²) in [5.74, 6) is -3.79. The van der Waals surface area contributed by atoms with Crippen LogP contribution in [0.5, 0.6) is 0 Å². The highest BCUT2D eigenvalue weighted by Crippen LogP contribution is 2.16. The van der Waals surface area contributed by atoms with E-state index >= 15 is 0 Å². The van der Waals surface area contributed by atoms with E-state index in [0.717, 1.165) is 16.8 Å². The maximum absolute atomic E-state index is 13.6. The van der Waals surface area contributed by atoms with E-state index in [9.17, 15) is 18.4 Å². The Morgan fingerprint density at radius 3 is 2.68 bits per heavy atom. The maximum Gasteiger partial charge on any atom is 0.360 e. The van der Waals surface area contributed by atoms with Crippen molar-refractivity contribution in [3.63, 3.8) is 0 Å². The highest BCUT2D eigenvalue weighted by Gasteiger charge is 2.16. The van der Waals surface area contributed by atoms with Crippen LogP contribution in [0.2, 0.25) is 0 Å². The molecule has 0 amide bonds. The van der Waals surface area contributed by atoms with Crippen molar-refractivity contribution in [2.75, 3.05) is 0 Å². The highest BCUT2D eigenvalue weighted by atomic mass is 19.2. The molecule has 98 valence electrons. The topological polar surface area (TPSA) is 72.2 Å². The number of aryl methyl sites for hydroxylation is 1. The highest BCUT2D eigenvalue weighted by molar-refractivity contribution is 5.84. The van der Waals surface area contributed by atoms with Crippen molar-refractivity contribution in [3.05, 3.63) is 57.5 Å². The van der Waals surface area contributed by atoms with Crippen LogP contribution in [0.3, 0.4) is 0 Å². The van der Waals surface area contributed by atoms with Crippen molar-refractivity contribution in [1.82, 2.24) is 9.78 Å². The number of hydrogen-bond acceptors (Lipinski definition) is 3. The first-order chi connectivity index (χ1) is 8.91. The molecule has 2 aromatic rings. The van der Waals surface area contributed by atoms with Gasteiger partial charge in [-0.05, 0) is 19.1 Å². The summed E-state index contributed by atoms with van der Waals surface area (Å²) < 4.78 is 27.7. The third-order valence-corrected chi connectivity index (χ3v) is 2.47. The molecule has 0 spiro atoms. The van der Waals surface area contributed by atoms with Crippen LogP contribution >= 0.6 is 0 Å². The molecule has 1 aromatic heterocycles. The summed E-state index contributed by atoms with van der Waals surface area (Å²) in [4.78, 5) is 22.2. The zero-order chi connectivity index (χ0) is 14.2. The molecule has 0 radical (unpaired) electrons. The summed E-state index contributed by atoms with van der Waals surface area (Å²) in [5.41, 5.74) is -1.62. The van der Waals surface area contributed by atoms with Gasteiger partial charge in [0.15, 0.2) is 11.6 Å². The lowest BCUT2D eigenvalue weighted by molar-refractivity contribution is 0.0686. The second-order valence-electron chi connectivity index (χ2n) is 3.79. The van der Waals surface area contributed by atoms with E-state index in [0.29, 0.717) is 0 Å². The first-order valence-electron chi connectivity index (χ1n) is 5.20. The number of nitrogens with zero attached hydrogens (tertiary/aromatic N) is 2. The second-order valence-corrected chi connectivity index (χ2v) is 3.79. The summed E-state index contributed by atoms with van der Waals surface area (Å²) in [6.45, 7) is 1.43. The predicted molar refractivity (Wildman–Crippen MR) is 61.4 cm³/mol. The Kier molecular flexibility index (Phi) is 3.12. The Hall–Kier alpha value is -2.57. The first-order valence-corrected chi connectivity index (χ1v) is 5.20. The Morgan fingerprint density at radius 2 is 2.05 bits per heavy atom. The van der Waals surface area contributed by atoms with Gasteiger partial charge in [0.25, 0.3) is 0 Å². The lowest BCUT2D eigenvalue weighted by atomic mass is 10.2. The number of carbonyl (C=O) groups is 1. The smallest absolute Gasteiger partial charge is 0.360 e. The van der Waals surface area contributed by atoms with Gasteiger partial charge in [-0.2, -0.15) is 5.10 Å². The fraction of sp³-hybridized carbons (Fsp3) is 0.0833. The first kappa shape index (κ1) is 12.9. The molecule has 1 heterocycles. The maximum atomic E-state index is 13.6. The van der Waals surface area contributed by atoms with Gasteiger partial charge in [-0.25, -0.2) is 18.3 Å². The molecule has 0 atom stereocenters. The fourth-order valence-corrected chi connectivity index (χ4v) is 1.60. The van der Waals surface area contributed by atoms with Crippen molar-refractivity contribution < 1.29 is 18.7 Å². The van der Waals surface area contributed by atoms with Gasteiger partial charge in [0.1, 0.15) is 5.69 Å². The molecule has 0 bridgehead atoms. The number of aromatic nitrogens is 2. The molecule has 1 N–H and O–H groups in total. The van der Waals surface area contributed by atoms with E-state index in [1.54, 1.807) is 0 Å². The summed E-state index contributed by atoms with van der Waals surface area (Å²) in [5, 5.41) is 12.3. The molecule has 0 fully saturated rings. The molecule has 5 nitrogen and oxygen atoms in total. The monoisotopic (exact) mass is 266 g/mol. The number of rotatable bonds is 2. The molecule has 7 heteroatoms. The van der Waals surface area contributed by atoms with Crippen LogP contribution in [-0.4, -0.2) is 20.9 Å². The van der Waals surface area contributed by atoms with E-state index in [1.165, 1.54) is 19.1 Å². The number of aromatic carboxylic acids is 1. The number of hydrogen-bond donors (Lipinski definition) is 1. The van der Waals surface area contributed by atoms with Gasteiger partial charge in [0, 0.05) is 11.8 Å². The average Bonchev–Trinajstić information content (AvgIpc) is 2.33. The number of benzene rings is 1. The summed E-state index contributed by atoms with van der Waals surface area (Å²) in [6.07, 6.45) is 0. The quantitative estimate of drug-likeness (QED) is 0.894. The van der Waals surface area contributed by atoms with Crippen LogP contribution in [0.1, 0.15) is 16.2 Å². The average molecular weight is 266 g/mol. The molecule has 1 aromatic carbocycles. The van der Waals surface area contributed by atoms with Gasteiger partial charge < -0.3 is 5.11 Å². The number of halogens is 2. The van der Waals surface area contributed by atoms with E-state index < -0.39 is 28.7 Å². The van der Waals surface area contributed by atoms with Crippen molar-refractivity contribution in [2.24, 2.45) is 0 Å². The van der Waals surface area contributed by atoms with Crippen molar-refractivity contribution >= 4 is 5.97 Å². The zero-order valence-corrected chi connectivity index (χ0v) is 9.72. The van der Waals surface area contributed by atoms with Crippen molar-refractivity contribution in [2.45, 2.75) is 6.92 Å². The van der Waals surface area contributed by atoms with E-state index in [1.807, 2.05) is 0 Å². The second kappa shape index (κ2) is 4.60. The normalized spacial score (nSPS) is 10.5. The van der Waals surface area contributed by atoms with Crippen molar-refractivity contribution in [3.8, 4) is 5.69 Å². The van der Waals surface area contributed by atoms with Crippen LogP contribution in [0, 0.1) is 18.6 Å². The Balaban J connectivity index is 2.76. The van der Waals surface area contributed by atoms with Gasteiger partial charge in [-0.3, -0.25) is 4.79 Å². The molecule has 19 heavy (non-hydrogen) atoms. The minimum Gasteiger partial charge on any atom is -0.476 e. The summed E-state index contributed by atoms with van der Waals surface area (Å²) >= 11 is 0. The lowest BCUT2D eigenvalue weighted by Crippen LogP contribution is -2.23. The predicted octanol–water partition coefficient (Wildman–Crippen LogP) is 1.52. The van der Waals surface area contributed by atoms with Crippen molar-refractivity contribution in [1.29, 1.82) is 0 Å². The molecule has 0 saturated heterocycles. The Labute approximate surface area is 105 Å². The van der Waals surface area contributed by atoms with Gasteiger partial charge in [0.05, 0.1) is 0 Å². The summed E-state index contributed by atoms with van der Waals surface area (Å²) in [6, 6.07) is 4.41. The molecule has 2 rings (SSSR count). The van der Waals surface area contributed by atoms with Crippen LogP contribution in [0.25, 0.3) is 5.69 Å². The Bertz CT molecular complexity index is 725. The Morgan fingerprint density at radius 1 is 1.37 bits per heavy atom. The van der Waals surface area contributed by atoms with Crippen LogP contribution in [0.4, 0.5) is 8.78 Å². The molecule has 0 aliphatic heterocycles. The van der Waals surface area contributed by atoms with Crippen LogP contribution < -0.4 is 5.43 Å². The number of carboxylic acids is 1. The molecular weight excluding hydrogens is 258 g/mol. The third-order valence-electron chi connectivity index (χ3n) is 2.47.